The molecule has 1 aliphatic rings. The van der Waals surface area contributed by atoms with Gasteiger partial charge in [-0.25, -0.2) is 4.79 Å². The Labute approximate surface area is 422 Å². The SMILES string of the molecule is CSCC[C@H](NC(=O)[C@H](C)NC(=O)[C@H](CC(C)C)NC(=O)[C@H](CC(C)C)NC(=O)[C@@H](N)Cc1ccccc1)C(=O)N[C@H](C(=O)N[C@@H](CCCNC(=N)N)C(=O)N[C@@H](C)C(=O)N1CCC[C@H]1C(=O)O)C(C)C. The highest BCUT2D eigenvalue weighted by molar-refractivity contribution is 7.98. The molecule has 1 saturated heterocycles. The molecule has 0 aromatic heterocycles. The molecule has 0 saturated carbocycles. The first-order valence-corrected chi connectivity index (χ1v) is 25.8. The van der Waals surface area contributed by atoms with Gasteiger partial charge < -0.3 is 64.0 Å². The van der Waals surface area contributed by atoms with E-state index in [4.69, 9.17) is 16.9 Å². The van der Waals surface area contributed by atoms with Crippen LogP contribution in [0.5, 0.6) is 0 Å². The van der Waals surface area contributed by atoms with E-state index >= 15 is 0 Å². The minimum atomic E-state index is -1.23. The Balaban J connectivity index is 2.21. The van der Waals surface area contributed by atoms with Gasteiger partial charge in [0.15, 0.2) is 5.96 Å². The second-order valence-corrected chi connectivity index (χ2v) is 20.3. The predicted octanol–water partition coefficient (Wildman–Crippen LogP) is -0.170. The van der Waals surface area contributed by atoms with Crippen LogP contribution >= 0.6 is 11.8 Å². The van der Waals surface area contributed by atoms with Crippen molar-refractivity contribution in [2.45, 2.75) is 161 Å². The van der Waals surface area contributed by atoms with E-state index in [1.165, 1.54) is 30.5 Å². The van der Waals surface area contributed by atoms with Crippen LogP contribution < -0.4 is 54.0 Å². The van der Waals surface area contributed by atoms with Gasteiger partial charge >= 0.3 is 5.97 Å². The predicted molar refractivity (Wildman–Crippen MR) is 271 cm³/mol. The fourth-order valence-electron chi connectivity index (χ4n) is 7.86. The molecule has 0 bridgehead atoms. The number of thioether (sulfide) groups is 1. The summed E-state index contributed by atoms with van der Waals surface area (Å²) < 4.78 is 0. The van der Waals surface area contributed by atoms with Crippen molar-refractivity contribution in [1.82, 2.24) is 47.4 Å². The lowest BCUT2D eigenvalue weighted by Gasteiger charge is -2.29. The van der Waals surface area contributed by atoms with Crippen LogP contribution in [0, 0.1) is 23.2 Å². The van der Waals surface area contributed by atoms with E-state index in [0.717, 1.165) is 5.56 Å². The largest absolute Gasteiger partial charge is 0.480 e. The monoisotopic (exact) mass is 1020 g/mol. The molecule has 71 heavy (non-hydrogen) atoms. The number of hydrogen-bond donors (Lipinski definition) is 12. The number of aliphatic carboxylic acids is 1. The molecule has 398 valence electrons. The maximum Gasteiger partial charge on any atom is 0.326 e. The zero-order valence-electron chi connectivity index (χ0n) is 42.7. The van der Waals surface area contributed by atoms with Crippen molar-refractivity contribution in [2.75, 3.05) is 25.1 Å². The standard InChI is InChI=1S/C48H80N12O10S/c1-26(2)23-35(58-44(66)36(24-27(3)4)57-40(62)32(49)25-31-15-11-10-12-16-31)43(65)53-29(7)39(61)55-34(19-22-71-9)42(64)59-38(28(5)6)45(67)56-33(17-13-20-52-48(50)51)41(63)54-30(8)46(68)60-21-14-18-37(60)47(69)70/h10-12,15-16,26-30,32-38H,13-14,17-25,49H2,1-9H3,(H,53,65)(H,54,63)(H,55,61)(H,56,67)(H,57,62)(H,58,66)(H,59,64)(H,69,70)(H4,50,51,52)/t29-,30-,32-,33-,34-,35-,36-,37-,38-/m0/s1. The summed E-state index contributed by atoms with van der Waals surface area (Å²) in [7, 11) is 0. The molecule has 1 fully saturated rings. The third kappa shape index (κ3) is 21.5. The molecule has 2 rings (SSSR count). The van der Waals surface area contributed by atoms with Crippen molar-refractivity contribution in [1.29, 1.82) is 5.41 Å². The molecule has 23 heteroatoms. The fourth-order valence-corrected chi connectivity index (χ4v) is 8.33. The number of guanidine groups is 1. The first-order chi connectivity index (χ1) is 33.4. The number of hydrogen-bond acceptors (Lipinski definition) is 12. The van der Waals surface area contributed by atoms with Crippen LogP contribution in [0.4, 0.5) is 0 Å². The first kappa shape index (κ1) is 61.2. The highest BCUT2D eigenvalue weighted by atomic mass is 32.2. The third-order valence-electron chi connectivity index (χ3n) is 11.7. The van der Waals surface area contributed by atoms with Crippen LogP contribution in [-0.4, -0.2) is 149 Å². The fraction of sp³-hybridized carbons (Fsp3) is 0.667. The normalized spacial score (nSPS) is 16.8. The van der Waals surface area contributed by atoms with E-state index in [0.29, 0.717) is 12.2 Å². The quantitative estimate of drug-likeness (QED) is 0.0271. The maximum absolute atomic E-state index is 14.0. The Hall–Kier alpha value is -5.97. The molecule has 22 nitrogen and oxygen atoms in total. The van der Waals surface area contributed by atoms with Crippen LogP contribution in [0.3, 0.4) is 0 Å². The molecule has 0 spiro atoms. The van der Waals surface area contributed by atoms with Gasteiger partial charge in [-0.2, -0.15) is 11.8 Å². The van der Waals surface area contributed by atoms with E-state index in [9.17, 15) is 48.3 Å². The van der Waals surface area contributed by atoms with Gasteiger partial charge in [0.1, 0.15) is 48.3 Å². The minimum absolute atomic E-state index is 0.0148. The molecule has 1 aromatic carbocycles. The molecule has 8 amide bonds. The number of nitrogens with one attached hydrogen (secondary N) is 9. The molecule has 0 radical (unpaired) electrons. The third-order valence-corrected chi connectivity index (χ3v) is 12.4. The average Bonchev–Trinajstić information content (AvgIpc) is 3.80. The molecular weight excluding hydrogens is 937 g/mol. The van der Waals surface area contributed by atoms with E-state index in [-0.39, 0.29) is 75.8 Å². The van der Waals surface area contributed by atoms with E-state index < -0.39 is 114 Å². The van der Waals surface area contributed by atoms with Crippen LogP contribution in [0.2, 0.25) is 0 Å². The Bertz CT molecular complexity index is 1980. The van der Waals surface area contributed by atoms with Crippen molar-refractivity contribution in [2.24, 2.45) is 29.2 Å². The number of nitrogens with zero attached hydrogens (tertiary/aromatic N) is 1. The highest BCUT2D eigenvalue weighted by Gasteiger charge is 2.38. The van der Waals surface area contributed by atoms with Gasteiger partial charge in [0.05, 0.1) is 6.04 Å². The van der Waals surface area contributed by atoms with Gasteiger partial charge in [-0.05, 0) is 101 Å². The summed E-state index contributed by atoms with van der Waals surface area (Å²) in [6.45, 7) is 14.1. The molecular formula is C48H80N12O10S. The summed E-state index contributed by atoms with van der Waals surface area (Å²) in [5.74, 6) is -6.95. The van der Waals surface area contributed by atoms with Crippen molar-refractivity contribution >= 4 is 70.9 Å². The molecule has 1 aliphatic heterocycles. The van der Waals surface area contributed by atoms with Gasteiger partial charge in [0, 0.05) is 13.1 Å². The molecule has 14 N–H and O–H groups in total. The Morgan fingerprint density at radius 1 is 0.690 bits per heavy atom. The molecule has 1 aromatic rings. The van der Waals surface area contributed by atoms with Crippen LogP contribution in [0.1, 0.15) is 106 Å². The number of carboxylic acid groups (broad SMARTS) is 1. The number of amides is 8. The number of rotatable bonds is 30. The second kappa shape index (κ2) is 30.7. The number of nitrogens with two attached hydrogens (primary N) is 2. The minimum Gasteiger partial charge on any atom is -0.480 e. The summed E-state index contributed by atoms with van der Waals surface area (Å²) in [5, 5.41) is 38.5. The smallest absolute Gasteiger partial charge is 0.326 e. The summed E-state index contributed by atoms with van der Waals surface area (Å²) in [4.78, 5) is 122. The first-order valence-electron chi connectivity index (χ1n) is 24.4. The number of carbonyl (C=O) groups is 9. The molecule has 1 heterocycles. The summed E-state index contributed by atoms with van der Waals surface area (Å²) in [6, 6.07) is -0.802. The van der Waals surface area contributed by atoms with Gasteiger partial charge in [-0.15, -0.1) is 0 Å². The number of likely N-dealkylation sites (tertiary alicyclic amines) is 1. The van der Waals surface area contributed by atoms with Crippen LogP contribution in [-0.2, 0) is 49.6 Å². The number of carboxylic acids is 1. The zero-order chi connectivity index (χ0) is 53.5. The Kier molecular flexibility index (Phi) is 26.4. The van der Waals surface area contributed by atoms with Gasteiger partial charge in [0.25, 0.3) is 0 Å². The molecule has 9 atom stereocenters. The lowest BCUT2D eigenvalue weighted by Crippen LogP contribution is -2.60. The highest BCUT2D eigenvalue weighted by Crippen LogP contribution is 2.19. The number of carbonyl (C=O) groups excluding carboxylic acids is 8. The van der Waals surface area contributed by atoms with Crippen LogP contribution in [0.25, 0.3) is 0 Å². The van der Waals surface area contributed by atoms with E-state index in [2.05, 4.69) is 42.5 Å². The van der Waals surface area contributed by atoms with Crippen molar-refractivity contribution < 1.29 is 48.3 Å². The van der Waals surface area contributed by atoms with E-state index in [1.54, 1.807) is 13.8 Å². The van der Waals surface area contributed by atoms with E-state index in [1.807, 2.05) is 64.3 Å². The van der Waals surface area contributed by atoms with Gasteiger partial charge in [0.2, 0.25) is 47.3 Å². The van der Waals surface area contributed by atoms with Gasteiger partial charge in [-0.3, -0.25) is 43.8 Å². The molecule has 0 unspecified atom stereocenters. The Morgan fingerprint density at radius 3 is 1.75 bits per heavy atom. The second-order valence-electron chi connectivity index (χ2n) is 19.3. The van der Waals surface area contributed by atoms with Crippen LogP contribution in [0.15, 0.2) is 30.3 Å². The zero-order valence-corrected chi connectivity index (χ0v) is 43.5. The van der Waals surface area contributed by atoms with Gasteiger partial charge in [-0.1, -0.05) is 71.9 Å². The summed E-state index contributed by atoms with van der Waals surface area (Å²) in [5.41, 5.74) is 12.5. The van der Waals surface area contributed by atoms with Crippen molar-refractivity contribution in [3.63, 3.8) is 0 Å². The van der Waals surface area contributed by atoms with Crippen molar-refractivity contribution in [3.05, 3.63) is 35.9 Å². The topological polar surface area (TPSA) is 349 Å². The Morgan fingerprint density at radius 2 is 1.20 bits per heavy atom. The van der Waals surface area contributed by atoms with Crippen molar-refractivity contribution in [3.8, 4) is 0 Å². The average molecular weight is 1020 g/mol. The summed E-state index contributed by atoms with van der Waals surface area (Å²) >= 11 is 1.41. The molecule has 0 aliphatic carbocycles. The number of benzene rings is 1. The maximum atomic E-state index is 14.0. The summed E-state index contributed by atoms with van der Waals surface area (Å²) in [6.07, 6.45) is 3.69. The lowest BCUT2D eigenvalue weighted by atomic mass is 9.99. The lowest BCUT2D eigenvalue weighted by molar-refractivity contribution is -0.149.